The molecular weight excluding hydrogens is 443 g/mol. The van der Waals surface area contributed by atoms with E-state index in [0.717, 1.165) is 29.5 Å². The highest BCUT2D eigenvalue weighted by molar-refractivity contribution is 5.88. The van der Waals surface area contributed by atoms with E-state index >= 15 is 0 Å². The molecule has 3 aromatic rings. The summed E-state index contributed by atoms with van der Waals surface area (Å²) in [6, 6.07) is 22.3. The Morgan fingerprint density at radius 2 is 1.63 bits per heavy atom. The standard InChI is InChI=1S/C29H33FN2O3/c1-3-4-18-31-29(34)27(19-23-8-6-5-7-9-23)32(20-24-12-14-25(30)15-13-24)28(33)21-35-26-16-10-22(2)11-17-26/h5-17,27H,3-4,18-21H2,1-2H3,(H,31,34)/t27-/m1/s1. The Bertz CT molecular complexity index is 1070. The number of carbonyl (C=O) groups excluding carboxylic acids is 2. The molecule has 1 atom stereocenters. The highest BCUT2D eigenvalue weighted by atomic mass is 19.1. The van der Waals surface area contributed by atoms with Gasteiger partial charge in [0.15, 0.2) is 6.61 Å². The Morgan fingerprint density at radius 3 is 2.29 bits per heavy atom. The Labute approximate surface area is 206 Å². The molecule has 3 aromatic carbocycles. The summed E-state index contributed by atoms with van der Waals surface area (Å²) in [4.78, 5) is 28.3. The third-order valence-electron chi connectivity index (χ3n) is 5.75. The van der Waals surface area contributed by atoms with Crippen LogP contribution in [-0.2, 0) is 22.6 Å². The lowest BCUT2D eigenvalue weighted by atomic mass is 10.0. The van der Waals surface area contributed by atoms with E-state index in [2.05, 4.69) is 12.2 Å². The van der Waals surface area contributed by atoms with E-state index in [1.807, 2.05) is 61.5 Å². The molecular formula is C29H33FN2O3. The van der Waals surface area contributed by atoms with Crippen molar-refractivity contribution in [3.63, 3.8) is 0 Å². The minimum atomic E-state index is -0.742. The summed E-state index contributed by atoms with van der Waals surface area (Å²) in [7, 11) is 0. The summed E-state index contributed by atoms with van der Waals surface area (Å²) in [6.45, 7) is 4.52. The van der Waals surface area contributed by atoms with Crippen LogP contribution in [0.1, 0.15) is 36.5 Å². The maximum atomic E-state index is 13.5. The zero-order chi connectivity index (χ0) is 25.0. The number of ether oxygens (including phenoxy) is 1. The van der Waals surface area contributed by atoms with Crippen molar-refractivity contribution in [2.24, 2.45) is 0 Å². The number of carbonyl (C=O) groups is 2. The van der Waals surface area contributed by atoms with E-state index in [1.54, 1.807) is 12.1 Å². The van der Waals surface area contributed by atoms with Crippen LogP contribution in [0.15, 0.2) is 78.9 Å². The molecule has 184 valence electrons. The van der Waals surface area contributed by atoms with Gasteiger partial charge in [0.05, 0.1) is 0 Å². The molecule has 1 N–H and O–H groups in total. The second kappa shape index (κ2) is 13.3. The summed E-state index contributed by atoms with van der Waals surface area (Å²) in [5, 5.41) is 2.98. The molecule has 0 saturated heterocycles. The average Bonchev–Trinajstić information content (AvgIpc) is 2.87. The van der Waals surface area contributed by atoms with Gasteiger partial charge in [-0.25, -0.2) is 4.39 Å². The number of unbranched alkanes of at least 4 members (excludes halogenated alkanes) is 1. The number of halogens is 1. The summed E-state index contributed by atoms with van der Waals surface area (Å²) >= 11 is 0. The van der Waals surface area contributed by atoms with Crippen molar-refractivity contribution in [2.45, 2.75) is 45.7 Å². The maximum Gasteiger partial charge on any atom is 0.261 e. The maximum absolute atomic E-state index is 13.5. The molecule has 0 fully saturated rings. The number of hydrogen-bond acceptors (Lipinski definition) is 3. The zero-order valence-electron chi connectivity index (χ0n) is 20.4. The number of nitrogens with one attached hydrogen (secondary N) is 1. The molecule has 0 spiro atoms. The molecule has 0 unspecified atom stereocenters. The third-order valence-corrected chi connectivity index (χ3v) is 5.75. The lowest BCUT2D eigenvalue weighted by Gasteiger charge is -2.31. The van der Waals surface area contributed by atoms with Crippen molar-refractivity contribution >= 4 is 11.8 Å². The Kier molecular flexibility index (Phi) is 9.84. The van der Waals surface area contributed by atoms with Gasteiger partial charge in [-0.1, -0.05) is 73.5 Å². The summed E-state index contributed by atoms with van der Waals surface area (Å²) in [5.41, 5.74) is 2.77. The van der Waals surface area contributed by atoms with E-state index in [-0.39, 0.29) is 30.8 Å². The van der Waals surface area contributed by atoms with E-state index < -0.39 is 6.04 Å². The van der Waals surface area contributed by atoms with Crippen LogP contribution < -0.4 is 10.1 Å². The van der Waals surface area contributed by atoms with Crippen LogP contribution in [0.2, 0.25) is 0 Å². The molecule has 0 aliphatic carbocycles. The third kappa shape index (κ3) is 8.25. The van der Waals surface area contributed by atoms with Gasteiger partial charge in [0.25, 0.3) is 5.91 Å². The van der Waals surface area contributed by atoms with Gasteiger partial charge in [-0.05, 0) is 48.7 Å². The first kappa shape index (κ1) is 25.9. The van der Waals surface area contributed by atoms with Crippen LogP contribution in [0.5, 0.6) is 5.75 Å². The molecule has 6 heteroatoms. The van der Waals surface area contributed by atoms with Crippen molar-refractivity contribution in [1.29, 1.82) is 0 Å². The Balaban J connectivity index is 1.86. The normalized spacial score (nSPS) is 11.5. The Hall–Kier alpha value is -3.67. The first-order valence-electron chi connectivity index (χ1n) is 12.0. The fourth-order valence-corrected chi connectivity index (χ4v) is 3.71. The molecule has 35 heavy (non-hydrogen) atoms. The van der Waals surface area contributed by atoms with Crippen LogP contribution in [0.3, 0.4) is 0 Å². The summed E-state index contributed by atoms with van der Waals surface area (Å²) in [5.74, 6) is -0.306. The second-order valence-electron chi connectivity index (χ2n) is 8.60. The van der Waals surface area contributed by atoms with Crippen LogP contribution in [0.25, 0.3) is 0 Å². The van der Waals surface area contributed by atoms with Crippen LogP contribution in [-0.4, -0.2) is 35.9 Å². The predicted molar refractivity (Wildman–Crippen MR) is 135 cm³/mol. The average molecular weight is 477 g/mol. The van der Waals surface area contributed by atoms with Crippen molar-refractivity contribution in [1.82, 2.24) is 10.2 Å². The highest BCUT2D eigenvalue weighted by Gasteiger charge is 2.30. The fourth-order valence-electron chi connectivity index (χ4n) is 3.71. The summed E-state index contributed by atoms with van der Waals surface area (Å²) < 4.78 is 19.3. The number of hydrogen-bond donors (Lipinski definition) is 1. The van der Waals surface area contributed by atoms with E-state index in [9.17, 15) is 14.0 Å². The van der Waals surface area contributed by atoms with Gasteiger partial charge in [0.2, 0.25) is 5.91 Å². The second-order valence-corrected chi connectivity index (χ2v) is 8.60. The Morgan fingerprint density at radius 1 is 0.943 bits per heavy atom. The molecule has 0 radical (unpaired) electrons. The van der Waals surface area contributed by atoms with Crippen molar-refractivity contribution in [2.75, 3.05) is 13.2 Å². The first-order valence-corrected chi connectivity index (χ1v) is 12.0. The quantitative estimate of drug-likeness (QED) is 0.372. The van der Waals surface area contributed by atoms with E-state index in [4.69, 9.17) is 4.74 Å². The lowest BCUT2D eigenvalue weighted by Crippen LogP contribution is -2.51. The van der Waals surface area contributed by atoms with Crippen LogP contribution in [0, 0.1) is 12.7 Å². The van der Waals surface area contributed by atoms with E-state index in [1.165, 1.54) is 17.0 Å². The van der Waals surface area contributed by atoms with Crippen LogP contribution >= 0.6 is 0 Å². The van der Waals surface area contributed by atoms with Crippen molar-refractivity contribution < 1.29 is 18.7 Å². The highest BCUT2D eigenvalue weighted by Crippen LogP contribution is 2.17. The van der Waals surface area contributed by atoms with Gasteiger partial charge >= 0.3 is 0 Å². The monoisotopic (exact) mass is 476 g/mol. The number of rotatable bonds is 12. The van der Waals surface area contributed by atoms with E-state index in [0.29, 0.717) is 18.7 Å². The molecule has 0 aromatic heterocycles. The summed E-state index contributed by atoms with van der Waals surface area (Å²) in [6.07, 6.45) is 2.16. The minimum Gasteiger partial charge on any atom is -0.484 e. The number of aryl methyl sites for hydroxylation is 1. The van der Waals surface area contributed by atoms with Gasteiger partial charge in [-0.3, -0.25) is 9.59 Å². The molecule has 5 nitrogen and oxygen atoms in total. The number of nitrogens with zero attached hydrogens (tertiary/aromatic N) is 1. The molecule has 3 rings (SSSR count). The minimum absolute atomic E-state index is 0.162. The van der Waals surface area contributed by atoms with Gasteiger partial charge in [0, 0.05) is 19.5 Å². The molecule has 0 saturated carbocycles. The van der Waals surface area contributed by atoms with Gasteiger partial charge < -0.3 is 15.0 Å². The molecule has 0 bridgehead atoms. The van der Waals surface area contributed by atoms with Gasteiger partial charge in [-0.2, -0.15) is 0 Å². The van der Waals surface area contributed by atoms with Gasteiger partial charge in [0.1, 0.15) is 17.6 Å². The molecule has 0 heterocycles. The molecule has 0 aliphatic heterocycles. The first-order chi connectivity index (χ1) is 17.0. The molecule has 0 aliphatic rings. The van der Waals surface area contributed by atoms with Crippen LogP contribution in [0.4, 0.5) is 4.39 Å². The smallest absolute Gasteiger partial charge is 0.261 e. The van der Waals surface area contributed by atoms with Gasteiger partial charge in [-0.15, -0.1) is 0 Å². The topological polar surface area (TPSA) is 58.6 Å². The number of amides is 2. The zero-order valence-corrected chi connectivity index (χ0v) is 20.4. The predicted octanol–water partition coefficient (Wildman–Crippen LogP) is 5.07. The van der Waals surface area contributed by atoms with Crippen molar-refractivity contribution in [3.05, 3.63) is 101 Å². The number of benzene rings is 3. The fraction of sp³-hybridized carbons (Fsp3) is 0.310. The lowest BCUT2D eigenvalue weighted by molar-refractivity contribution is -0.142. The SMILES string of the molecule is CCCCNC(=O)[C@@H](Cc1ccccc1)N(Cc1ccc(F)cc1)C(=O)COc1ccc(C)cc1. The van der Waals surface area contributed by atoms with Crippen molar-refractivity contribution in [3.8, 4) is 5.75 Å². The largest absolute Gasteiger partial charge is 0.484 e. The molecule has 2 amide bonds.